The predicted molar refractivity (Wildman–Crippen MR) is 85.1 cm³/mol. The van der Waals surface area contributed by atoms with Crippen LogP contribution in [0.3, 0.4) is 0 Å². The molecule has 4 heteroatoms. The Kier molecular flexibility index (Phi) is 4.53. The van der Waals surface area contributed by atoms with Crippen molar-refractivity contribution in [2.45, 2.75) is 32.3 Å². The minimum atomic E-state index is -0.662. The molecule has 0 spiro atoms. The van der Waals surface area contributed by atoms with Crippen molar-refractivity contribution in [3.05, 3.63) is 28.2 Å². The Morgan fingerprint density at radius 1 is 1.42 bits per heavy atom. The number of rotatable bonds is 3. The van der Waals surface area contributed by atoms with Crippen LogP contribution in [0.5, 0.6) is 5.75 Å². The summed E-state index contributed by atoms with van der Waals surface area (Å²) in [6.45, 7) is 4.33. The second-order valence-electron chi connectivity index (χ2n) is 5.85. The zero-order valence-electron chi connectivity index (χ0n) is 11.7. The summed E-state index contributed by atoms with van der Waals surface area (Å²) >= 11 is 5.42. The zero-order valence-corrected chi connectivity index (χ0v) is 14.1. The number of halogens is 1. The first-order chi connectivity index (χ1) is 8.88. The SMILES string of the molecule is COc1ccc(Br)c(CC2(O)CSCCC2(C)C)c1. The van der Waals surface area contributed by atoms with Crippen molar-refractivity contribution < 1.29 is 9.84 Å². The Morgan fingerprint density at radius 3 is 2.79 bits per heavy atom. The summed E-state index contributed by atoms with van der Waals surface area (Å²) in [5, 5.41) is 11.1. The molecule has 1 unspecified atom stereocenters. The van der Waals surface area contributed by atoms with E-state index in [0.717, 1.165) is 33.7 Å². The maximum absolute atomic E-state index is 11.1. The van der Waals surface area contributed by atoms with E-state index in [4.69, 9.17) is 4.74 Å². The standard InChI is InChI=1S/C15H21BrO2S/c1-14(2)6-7-19-10-15(14,17)9-11-8-12(18-3)4-5-13(11)16/h4-5,8,17H,6-7,9-10H2,1-3H3. The van der Waals surface area contributed by atoms with Crippen LogP contribution >= 0.6 is 27.7 Å². The monoisotopic (exact) mass is 344 g/mol. The number of methoxy groups -OCH3 is 1. The maximum atomic E-state index is 11.1. The molecule has 19 heavy (non-hydrogen) atoms. The van der Waals surface area contributed by atoms with Crippen molar-refractivity contribution in [1.29, 1.82) is 0 Å². The lowest BCUT2D eigenvalue weighted by molar-refractivity contribution is -0.0514. The molecule has 1 aromatic rings. The Balaban J connectivity index is 2.28. The number of benzene rings is 1. The highest BCUT2D eigenvalue weighted by Crippen LogP contribution is 2.45. The number of ether oxygens (including phenoxy) is 1. The summed E-state index contributed by atoms with van der Waals surface area (Å²) < 4.78 is 6.31. The van der Waals surface area contributed by atoms with Crippen LogP contribution < -0.4 is 4.74 Å². The van der Waals surface area contributed by atoms with E-state index in [0.29, 0.717) is 6.42 Å². The lowest BCUT2D eigenvalue weighted by atomic mass is 9.70. The van der Waals surface area contributed by atoms with E-state index < -0.39 is 5.60 Å². The van der Waals surface area contributed by atoms with E-state index in [1.54, 1.807) is 7.11 Å². The first-order valence-electron chi connectivity index (χ1n) is 6.50. The Labute approximate surface area is 128 Å². The highest BCUT2D eigenvalue weighted by Gasteiger charge is 2.45. The lowest BCUT2D eigenvalue weighted by Gasteiger charge is -2.46. The van der Waals surface area contributed by atoms with Gasteiger partial charge in [0.2, 0.25) is 0 Å². The van der Waals surface area contributed by atoms with Crippen LogP contribution in [0.1, 0.15) is 25.8 Å². The second kappa shape index (κ2) is 5.66. The Hall–Kier alpha value is -0.190. The van der Waals surface area contributed by atoms with Crippen LogP contribution in [0.2, 0.25) is 0 Å². The van der Waals surface area contributed by atoms with Gasteiger partial charge in [0.15, 0.2) is 0 Å². The smallest absolute Gasteiger partial charge is 0.119 e. The molecule has 0 saturated carbocycles. The van der Waals surface area contributed by atoms with E-state index in [9.17, 15) is 5.11 Å². The number of hydrogen-bond donors (Lipinski definition) is 1. The van der Waals surface area contributed by atoms with Gasteiger partial charge in [0.25, 0.3) is 0 Å². The summed E-state index contributed by atoms with van der Waals surface area (Å²) in [4.78, 5) is 0. The largest absolute Gasteiger partial charge is 0.497 e. The normalized spacial score (nSPS) is 26.2. The summed E-state index contributed by atoms with van der Waals surface area (Å²) in [6.07, 6.45) is 1.71. The first kappa shape index (κ1) is 15.2. The third kappa shape index (κ3) is 3.11. The van der Waals surface area contributed by atoms with Gasteiger partial charge < -0.3 is 9.84 Å². The van der Waals surface area contributed by atoms with E-state index >= 15 is 0 Å². The molecule has 1 saturated heterocycles. The average Bonchev–Trinajstić information content (AvgIpc) is 2.36. The zero-order chi connectivity index (χ0) is 14.1. The van der Waals surface area contributed by atoms with Crippen molar-refractivity contribution in [3.8, 4) is 5.75 Å². The molecule has 1 aliphatic heterocycles. The third-order valence-corrected chi connectivity index (χ3v) is 6.16. The molecule has 2 rings (SSSR count). The van der Waals surface area contributed by atoms with Gasteiger partial charge in [-0.3, -0.25) is 0 Å². The van der Waals surface area contributed by atoms with E-state index in [1.165, 1.54) is 0 Å². The van der Waals surface area contributed by atoms with Crippen molar-refractivity contribution in [1.82, 2.24) is 0 Å². The van der Waals surface area contributed by atoms with Gasteiger partial charge in [0.05, 0.1) is 12.7 Å². The van der Waals surface area contributed by atoms with E-state index in [-0.39, 0.29) is 5.41 Å². The highest BCUT2D eigenvalue weighted by atomic mass is 79.9. The summed E-state index contributed by atoms with van der Waals surface area (Å²) in [5.74, 6) is 2.76. The highest BCUT2D eigenvalue weighted by molar-refractivity contribution is 9.10. The van der Waals surface area contributed by atoms with Gasteiger partial charge in [-0.05, 0) is 41.4 Å². The Morgan fingerprint density at radius 2 is 2.16 bits per heavy atom. The van der Waals surface area contributed by atoms with Crippen LogP contribution in [-0.4, -0.2) is 29.3 Å². The minimum absolute atomic E-state index is 0.0548. The van der Waals surface area contributed by atoms with Gasteiger partial charge in [-0.1, -0.05) is 29.8 Å². The maximum Gasteiger partial charge on any atom is 0.119 e. The van der Waals surface area contributed by atoms with Crippen LogP contribution in [0.4, 0.5) is 0 Å². The molecule has 1 aliphatic rings. The molecule has 1 fully saturated rings. The lowest BCUT2D eigenvalue weighted by Crippen LogP contribution is -2.51. The molecular weight excluding hydrogens is 324 g/mol. The summed E-state index contributed by atoms with van der Waals surface area (Å²) in [7, 11) is 1.67. The fourth-order valence-electron chi connectivity index (χ4n) is 2.42. The molecule has 1 N–H and O–H groups in total. The third-order valence-electron chi connectivity index (χ3n) is 4.21. The molecule has 0 aromatic heterocycles. The number of aliphatic hydroxyl groups is 1. The van der Waals surface area contributed by atoms with Gasteiger partial charge in [-0.2, -0.15) is 11.8 Å². The summed E-state index contributed by atoms with van der Waals surface area (Å²) in [5.41, 5.74) is 0.392. The van der Waals surface area contributed by atoms with Crippen molar-refractivity contribution in [3.63, 3.8) is 0 Å². The molecule has 1 aromatic carbocycles. The molecule has 0 bridgehead atoms. The molecule has 106 valence electrons. The molecule has 0 aliphatic carbocycles. The molecule has 0 radical (unpaired) electrons. The van der Waals surface area contributed by atoms with Gasteiger partial charge in [-0.25, -0.2) is 0 Å². The number of hydrogen-bond acceptors (Lipinski definition) is 3. The molecule has 1 heterocycles. The van der Waals surface area contributed by atoms with Gasteiger partial charge in [0, 0.05) is 16.6 Å². The fourth-order valence-corrected chi connectivity index (χ4v) is 4.43. The quantitative estimate of drug-likeness (QED) is 0.901. The topological polar surface area (TPSA) is 29.5 Å². The van der Waals surface area contributed by atoms with Crippen LogP contribution in [0.15, 0.2) is 22.7 Å². The van der Waals surface area contributed by atoms with Crippen LogP contribution in [-0.2, 0) is 6.42 Å². The molecule has 0 amide bonds. The van der Waals surface area contributed by atoms with E-state index in [1.807, 2.05) is 30.0 Å². The van der Waals surface area contributed by atoms with Crippen LogP contribution in [0.25, 0.3) is 0 Å². The second-order valence-corrected chi connectivity index (χ2v) is 7.81. The number of thioether (sulfide) groups is 1. The molecule has 1 atom stereocenters. The first-order valence-corrected chi connectivity index (χ1v) is 8.45. The van der Waals surface area contributed by atoms with Crippen molar-refractivity contribution >= 4 is 27.7 Å². The van der Waals surface area contributed by atoms with Gasteiger partial charge >= 0.3 is 0 Å². The fraction of sp³-hybridized carbons (Fsp3) is 0.600. The summed E-state index contributed by atoms with van der Waals surface area (Å²) in [6, 6.07) is 5.93. The average molecular weight is 345 g/mol. The van der Waals surface area contributed by atoms with Crippen molar-refractivity contribution in [2.75, 3.05) is 18.6 Å². The van der Waals surface area contributed by atoms with Crippen LogP contribution in [0, 0.1) is 5.41 Å². The van der Waals surface area contributed by atoms with E-state index in [2.05, 4.69) is 29.8 Å². The molecule has 2 nitrogen and oxygen atoms in total. The van der Waals surface area contributed by atoms with Gasteiger partial charge in [-0.15, -0.1) is 0 Å². The molecular formula is C15H21BrO2S. The minimum Gasteiger partial charge on any atom is -0.497 e. The predicted octanol–water partition coefficient (Wildman–Crippen LogP) is 3.89. The Bertz CT molecular complexity index is 461. The van der Waals surface area contributed by atoms with Gasteiger partial charge in [0.1, 0.15) is 5.75 Å². The van der Waals surface area contributed by atoms with Crippen molar-refractivity contribution in [2.24, 2.45) is 5.41 Å².